The lowest BCUT2D eigenvalue weighted by Crippen LogP contribution is -2.32. The van der Waals surface area contributed by atoms with Crippen molar-refractivity contribution in [1.29, 1.82) is 0 Å². The van der Waals surface area contributed by atoms with Crippen LogP contribution in [0.5, 0.6) is 0 Å². The Labute approximate surface area is 110 Å². The first-order chi connectivity index (χ1) is 8.22. The van der Waals surface area contributed by atoms with Gasteiger partial charge >= 0.3 is 0 Å². The lowest BCUT2D eigenvalue weighted by atomic mass is 10.3. The van der Waals surface area contributed by atoms with Gasteiger partial charge in [-0.05, 0) is 24.3 Å². The predicted molar refractivity (Wildman–Crippen MR) is 67.1 cm³/mol. The van der Waals surface area contributed by atoms with Crippen LogP contribution in [0, 0.1) is 0 Å². The van der Waals surface area contributed by atoms with Crippen molar-refractivity contribution in [3.63, 3.8) is 0 Å². The molecule has 1 saturated heterocycles. The van der Waals surface area contributed by atoms with Gasteiger partial charge in [-0.1, -0.05) is 11.6 Å². The molecule has 0 bridgehead atoms. The molecule has 1 aromatic rings. The Balaban J connectivity index is 2.41. The van der Waals surface area contributed by atoms with Crippen LogP contribution in [0.15, 0.2) is 29.2 Å². The van der Waals surface area contributed by atoms with Gasteiger partial charge in [0.25, 0.3) is 0 Å². The molecule has 2 atom stereocenters. The summed E-state index contributed by atoms with van der Waals surface area (Å²) in [6.07, 6.45) is -1.38. The first-order valence-corrected chi connectivity index (χ1v) is 8.85. The van der Waals surface area contributed by atoms with E-state index in [1.807, 2.05) is 0 Å². The van der Waals surface area contributed by atoms with E-state index in [1.54, 1.807) is 0 Å². The van der Waals surface area contributed by atoms with Gasteiger partial charge < -0.3 is 5.11 Å². The molecule has 8 heteroatoms. The van der Waals surface area contributed by atoms with E-state index in [1.165, 1.54) is 24.3 Å². The molecule has 0 radical (unpaired) electrons. The molecule has 1 fully saturated rings. The molecule has 0 saturated carbocycles. The highest BCUT2D eigenvalue weighted by molar-refractivity contribution is 7.96. The summed E-state index contributed by atoms with van der Waals surface area (Å²) in [7, 11) is -7.36. The van der Waals surface area contributed by atoms with Gasteiger partial charge in [0.2, 0.25) is 0 Å². The van der Waals surface area contributed by atoms with Crippen LogP contribution in [-0.4, -0.2) is 44.8 Å². The molecule has 1 aliphatic heterocycles. The highest BCUT2D eigenvalue weighted by atomic mass is 35.5. The maximum Gasteiger partial charge on any atom is 0.184 e. The summed E-state index contributed by atoms with van der Waals surface area (Å²) in [5, 5.41) is 8.67. The minimum atomic E-state index is -3.86. The van der Waals surface area contributed by atoms with Crippen LogP contribution < -0.4 is 0 Å². The number of aliphatic hydroxyl groups is 1. The topological polar surface area (TPSA) is 88.5 Å². The summed E-state index contributed by atoms with van der Waals surface area (Å²) in [6.45, 7) is 0. The molecule has 100 valence electrons. The SMILES string of the molecule is O=S1(=O)C[C@@H](O)[C@H](S(=O)(=O)c2ccc(Cl)cc2)C1. The Kier molecular flexibility index (Phi) is 3.44. The van der Waals surface area contributed by atoms with E-state index in [2.05, 4.69) is 0 Å². The highest BCUT2D eigenvalue weighted by Gasteiger charge is 2.44. The van der Waals surface area contributed by atoms with Crippen molar-refractivity contribution in [1.82, 2.24) is 0 Å². The van der Waals surface area contributed by atoms with Gasteiger partial charge in [0.05, 0.1) is 22.5 Å². The van der Waals surface area contributed by atoms with E-state index in [4.69, 9.17) is 11.6 Å². The first kappa shape index (κ1) is 13.8. The quantitative estimate of drug-likeness (QED) is 0.847. The van der Waals surface area contributed by atoms with E-state index < -0.39 is 42.5 Å². The van der Waals surface area contributed by atoms with E-state index in [-0.39, 0.29) is 4.90 Å². The summed E-state index contributed by atoms with van der Waals surface area (Å²) in [6, 6.07) is 5.42. The van der Waals surface area contributed by atoms with E-state index in [9.17, 15) is 21.9 Å². The summed E-state index contributed by atoms with van der Waals surface area (Å²) in [5.41, 5.74) is 0. The normalized spacial score (nSPS) is 27.2. The zero-order valence-corrected chi connectivity index (χ0v) is 11.5. The van der Waals surface area contributed by atoms with Crippen LogP contribution in [0.4, 0.5) is 0 Å². The molecule has 1 aromatic carbocycles. The van der Waals surface area contributed by atoms with E-state index in [0.717, 1.165) is 0 Å². The van der Waals surface area contributed by atoms with Crippen LogP contribution in [-0.2, 0) is 19.7 Å². The molecule has 0 aliphatic carbocycles. The summed E-state index contributed by atoms with van der Waals surface area (Å²) in [5.74, 6) is -1.05. The molecule has 0 unspecified atom stereocenters. The minimum Gasteiger partial charge on any atom is -0.391 e. The maximum absolute atomic E-state index is 12.2. The Morgan fingerprint density at radius 1 is 1.17 bits per heavy atom. The van der Waals surface area contributed by atoms with Gasteiger partial charge in [0.1, 0.15) is 5.25 Å². The number of rotatable bonds is 2. The molecule has 1 N–H and O–H groups in total. The van der Waals surface area contributed by atoms with Gasteiger partial charge in [-0.25, -0.2) is 16.8 Å². The molecule has 0 amide bonds. The molecular formula is C10H11ClO5S2. The van der Waals surface area contributed by atoms with Crippen LogP contribution >= 0.6 is 11.6 Å². The van der Waals surface area contributed by atoms with Gasteiger partial charge in [-0.3, -0.25) is 0 Å². The van der Waals surface area contributed by atoms with Crippen LogP contribution in [0.1, 0.15) is 0 Å². The Bertz CT molecular complexity index is 648. The molecule has 0 aromatic heterocycles. The third-order valence-electron chi connectivity index (χ3n) is 2.81. The molecule has 5 nitrogen and oxygen atoms in total. The van der Waals surface area contributed by atoms with Crippen molar-refractivity contribution in [2.24, 2.45) is 0 Å². The largest absolute Gasteiger partial charge is 0.391 e. The zero-order chi connectivity index (χ0) is 13.6. The standard InChI is InChI=1S/C10H11ClO5S2/c11-7-1-3-8(4-2-7)18(15,16)10-6-17(13,14)5-9(10)12/h1-4,9-10,12H,5-6H2/t9-,10-/m1/s1. The lowest BCUT2D eigenvalue weighted by molar-refractivity contribution is 0.204. The number of halogens is 1. The Morgan fingerprint density at radius 3 is 2.17 bits per heavy atom. The van der Waals surface area contributed by atoms with Gasteiger partial charge in [-0.15, -0.1) is 0 Å². The predicted octanol–water partition coefficient (Wildman–Crippen LogP) is 0.272. The molecule has 1 aliphatic rings. The van der Waals surface area contributed by atoms with Crippen molar-refractivity contribution in [2.75, 3.05) is 11.5 Å². The Hall–Kier alpha value is -0.630. The zero-order valence-electron chi connectivity index (χ0n) is 9.15. The summed E-state index contributed by atoms with van der Waals surface area (Å²) < 4.78 is 47.0. The Morgan fingerprint density at radius 2 is 1.72 bits per heavy atom. The fourth-order valence-electron chi connectivity index (χ4n) is 1.89. The molecule has 2 rings (SSSR count). The lowest BCUT2D eigenvalue weighted by Gasteiger charge is -2.13. The van der Waals surface area contributed by atoms with Crippen LogP contribution in [0.3, 0.4) is 0 Å². The number of aliphatic hydroxyl groups excluding tert-OH is 1. The first-order valence-electron chi connectivity index (χ1n) is 5.10. The fraction of sp³-hybridized carbons (Fsp3) is 0.400. The monoisotopic (exact) mass is 310 g/mol. The molecule has 1 heterocycles. The van der Waals surface area contributed by atoms with Crippen molar-refractivity contribution in [3.8, 4) is 0 Å². The van der Waals surface area contributed by atoms with Crippen molar-refractivity contribution in [3.05, 3.63) is 29.3 Å². The third kappa shape index (κ3) is 2.54. The number of hydrogen-bond donors (Lipinski definition) is 1. The second-order valence-electron chi connectivity index (χ2n) is 4.18. The minimum absolute atomic E-state index is 0.0342. The van der Waals surface area contributed by atoms with Crippen molar-refractivity contribution < 1.29 is 21.9 Å². The van der Waals surface area contributed by atoms with Gasteiger partial charge in [0, 0.05) is 5.02 Å². The van der Waals surface area contributed by atoms with E-state index in [0.29, 0.717) is 5.02 Å². The number of hydrogen-bond acceptors (Lipinski definition) is 5. The highest BCUT2D eigenvalue weighted by Crippen LogP contribution is 2.26. The summed E-state index contributed by atoms with van der Waals surface area (Å²) in [4.78, 5) is -0.0342. The fourth-order valence-corrected chi connectivity index (χ4v) is 6.47. The van der Waals surface area contributed by atoms with Crippen molar-refractivity contribution in [2.45, 2.75) is 16.2 Å². The molecule has 18 heavy (non-hydrogen) atoms. The second kappa shape index (κ2) is 4.48. The summed E-state index contributed by atoms with van der Waals surface area (Å²) >= 11 is 5.66. The average molecular weight is 311 g/mol. The maximum atomic E-state index is 12.2. The second-order valence-corrected chi connectivity index (χ2v) is 8.94. The third-order valence-corrected chi connectivity index (χ3v) is 7.20. The smallest absolute Gasteiger partial charge is 0.184 e. The van der Waals surface area contributed by atoms with Gasteiger partial charge in [0.15, 0.2) is 19.7 Å². The van der Waals surface area contributed by atoms with E-state index >= 15 is 0 Å². The number of sulfone groups is 2. The average Bonchev–Trinajstić information content (AvgIpc) is 2.53. The molecular weight excluding hydrogens is 300 g/mol. The van der Waals surface area contributed by atoms with Crippen molar-refractivity contribution >= 4 is 31.3 Å². The van der Waals surface area contributed by atoms with Crippen LogP contribution in [0.25, 0.3) is 0 Å². The number of benzene rings is 1. The van der Waals surface area contributed by atoms with Crippen LogP contribution in [0.2, 0.25) is 5.02 Å². The van der Waals surface area contributed by atoms with Gasteiger partial charge in [-0.2, -0.15) is 0 Å². The molecule has 0 spiro atoms.